The Kier molecular flexibility index (Phi) is 4.06. The molecule has 1 aromatic carbocycles. The van der Waals surface area contributed by atoms with Crippen molar-refractivity contribution in [2.75, 3.05) is 13.7 Å². The molecule has 0 aromatic heterocycles. The second-order valence-corrected chi connectivity index (χ2v) is 5.20. The highest BCUT2D eigenvalue weighted by Gasteiger charge is 2.33. The number of nitrogens with two attached hydrogens (primary N) is 1. The first kappa shape index (κ1) is 13.8. The quantitative estimate of drug-likeness (QED) is 0.911. The van der Waals surface area contributed by atoms with Crippen LogP contribution in [0.2, 0.25) is 0 Å². The Labute approximate surface area is 113 Å². The number of hydrogen-bond donors (Lipinski definition) is 1. The molecule has 0 spiro atoms. The summed E-state index contributed by atoms with van der Waals surface area (Å²) in [5.74, 6) is -0.454. The molecular formula is C15H19FN2O. The normalized spacial score (nSPS) is 17.8. The van der Waals surface area contributed by atoms with Crippen molar-refractivity contribution in [2.24, 2.45) is 5.73 Å². The van der Waals surface area contributed by atoms with Gasteiger partial charge in [0.1, 0.15) is 6.07 Å². The van der Waals surface area contributed by atoms with Gasteiger partial charge in [0.15, 0.2) is 11.6 Å². The average Bonchev–Trinajstić information content (AvgIpc) is 2.47. The van der Waals surface area contributed by atoms with E-state index in [9.17, 15) is 4.39 Å². The van der Waals surface area contributed by atoms with E-state index in [1.807, 2.05) is 6.07 Å². The predicted molar refractivity (Wildman–Crippen MR) is 71.5 cm³/mol. The Bertz CT molecular complexity index is 502. The molecule has 1 saturated carbocycles. The van der Waals surface area contributed by atoms with Gasteiger partial charge < -0.3 is 10.5 Å². The summed E-state index contributed by atoms with van der Waals surface area (Å²) < 4.78 is 19.0. The zero-order chi connectivity index (χ0) is 13.9. The summed E-state index contributed by atoms with van der Waals surface area (Å²) in [6, 6.07) is 5.22. The minimum Gasteiger partial charge on any atom is -0.492 e. The van der Waals surface area contributed by atoms with Gasteiger partial charge in [-0.2, -0.15) is 5.26 Å². The number of hydrogen-bond acceptors (Lipinski definition) is 3. The number of benzene rings is 1. The van der Waals surface area contributed by atoms with Crippen LogP contribution in [0.3, 0.4) is 0 Å². The van der Waals surface area contributed by atoms with Crippen molar-refractivity contribution in [3.05, 3.63) is 29.1 Å². The summed E-state index contributed by atoms with van der Waals surface area (Å²) in [6.45, 7) is 0.490. The summed E-state index contributed by atoms with van der Waals surface area (Å²) in [5.41, 5.74) is 6.85. The van der Waals surface area contributed by atoms with Gasteiger partial charge >= 0.3 is 0 Å². The number of nitrogens with zero attached hydrogens (tertiary/aromatic N) is 1. The average molecular weight is 262 g/mol. The van der Waals surface area contributed by atoms with Gasteiger partial charge in [-0.05, 0) is 30.5 Å². The molecule has 0 saturated heterocycles. The van der Waals surface area contributed by atoms with Crippen LogP contribution < -0.4 is 10.5 Å². The van der Waals surface area contributed by atoms with Crippen LogP contribution in [0.15, 0.2) is 12.1 Å². The van der Waals surface area contributed by atoms with Gasteiger partial charge in [0.05, 0.1) is 12.7 Å². The van der Waals surface area contributed by atoms with Gasteiger partial charge in [-0.1, -0.05) is 19.3 Å². The Balaban J connectivity index is 2.50. The number of rotatable bonds is 3. The lowest BCUT2D eigenvalue weighted by Crippen LogP contribution is -2.37. The van der Waals surface area contributed by atoms with Crippen LogP contribution in [0, 0.1) is 17.1 Å². The van der Waals surface area contributed by atoms with Gasteiger partial charge in [-0.25, -0.2) is 4.39 Å². The lowest BCUT2D eigenvalue weighted by atomic mass is 9.69. The zero-order valence-electron chi connectivity index (χ0n) is 11.2. The van der Waals surface area contributed by atoms with E-state index in [1.165, 1.54) is 19.6 Å². The summed E-state index contributed by atoms with van der Waals surface area (Å²) in [5, 5.41) is 9.13. The molecule has 0 unspecified atom stereocenters. The molecule has 2 rings (SSSR count). The van der Waals surface area contributed by atoms with Crippen LogP contribution in [-0.2, 0) is 5.41 Å². The SMILES string of the molecule is COc1c(F)cc(C2(CN)CCCCC2)cc1C#N. The van der Waals surface area contributed by atoms with Crippen LogP contribution in [0.5, 0.6) is 5.75 Å². The lowest BCUT2D eigenvalue weighted by Gasteiger charge is -2.37. The molecule has 0 heterocycles. The lowest BCUT2D eigenvalue weighted by molar-refractivity contribution is 0.298. The number of halogens is 1. The number of methoxy groups -OCH3 is 1. The van der Waals surface area contributed by atoms with E-state index in [0.717, 1.165) is 31.2 Å². The second-order valence-electron chi connectivity index (χ2n) is 5.20. The fourth-order valence-corrected chi connectivity index (χ4v) is 3.03. The summed E-state index contributed by atoms with van der Waals surface area (Å²) >= 11 is 0. The van der Waals surface area contributed by atoms with Crippen LogP contribution >= 0.6 is 0 Å². The second kappa shape index (κ2) is 5.58. The standard InChI is InChI=1S/C15H19FN2O/c1-19-14-11(9-17)7-12(8-13(14)16)15(10-18)5-3-2-4-6-15/h7-8H,2-6,10,18H2,1H3. The number of nitriles is 1. The van der Waals surface area contributed by atoms with E-state index in [2.05, 4.69) is 0 Å². The van der Waals surface area contributed by atoms with Crippen molar-refractivity contribution in [3.63, 3.8) is 0 Å². The van der Waals surface area contributed by atoms with Gasteiger partial charge in [0.2, 0.25) is 0 Å². The minimum atomic E-state index is -0.477. The molecule has 0 bridgehead atoms. The Morgan fingerprint density at radius 2 is 2.05 bits per heavy atom. The van der Waals surface area contributed by atoms with E-state index in [0.29, 0.717) is 6.54 Å². The Morgan fingerprint density at radius 3 is 2.58 bits per heavy atom. The van der Waals surface area contributed by atoms with Crippen LogP contribution in [-0.4, -0.2) is 13.7 Å². The summed E-state index contributed by atoms with van der Waals surface area (Å²) in [4.78, 5) is 0. The molecule has 1 aliphatic rings. The maximum Gasteiger partial charge on any atom is 0.172 e. The first-order valence-corrected chi connectivity index (χ1v) is 6.65. The minimum absolute atomic E-state index is 0.0224. The first-order chi connectivity index (χ1) is 9.16. The van der Waals surface area contributed by atoms with Crippen molar-refractivity contribution in [1.29, 1.82) is 5.26 Å². The third-order valence-electron chi connectivity index (χ3n) is 4.18. The molecule has 4 heteroatoms. The van der Waals surface area contributed by atoms with E-state index in [1.54, 1.807) is 6.07 Å². The first-order valence-electron chi connectivity index (χ1n) is 6.65. The molecule has 0 amide bonds. The highest BCUT2D eigenvalue weighted by molar-refractivity contribution is 5.48. The fourth-order valence-electron chi connectivity index (χ4n) is 3.03. The third kappa shape index (κ3) is 2.43. The van der Waals surface area contributed by atoms with Gasteiger partial charge in [0, 0.05) is 12.0 Å². The largest absolute Gasteiger partial charge is 0.492 e. The topological polar surface area (TPSA) is 59.0 Å². The zero-order valence-corrected chi connectivity index (χ0v) is 11.2. The molecule has 0 radical (unpaired) electrons. The smallest absolute Gasteiger partial charge is 0.172 e. The fraction of sp³-hybridized carbons (Fsp3) is 0.533. The van der Waals surface area contributed by atoms with Crippen molar-refractivity contribution >= 4 is 0 Å². The van der Waals surface area contributed by atoms with Gasteiger partial charge in [-0.15, -0.1) is 0 Å². The molecule has 0 aliphatic heterocycles. The molecule has 1 fully saturated rings. The van der Waals surface area contributed by atoms with Crippen molar-refractivity contribution < 1.29 is 9.13 Å². The molecule has 102 valence electrons. The van der Waals surface area contributed by atoms with Crippen molar-refractivity contribution in [2.45, 2.75) is 37.5 Å². The molecule has 1 aliphatic carbocycles. The molecular weight excluding hydrogens is 243 g/mol. The summed E-state index contributed by atoms with van der Waals surface area (Å²) in [6.07, 6.45) is 5.32. The monoisotopic (exact) mass is 262 g/mol. The maximum atomic E-state index is 14.0. The Hall–Kier alpha value is -1.60. The van der Waals surface area contributed by atoms with E-state index >= 15 is 0 Å². The van der Waals surface area contributed by atoms with Crippen LogP contribution in [0.4, 0.5) is 4.39 Å². The van der Waals surface area contributed by atoms with Crippen LogP contribution in [0.25, 0.3) is 0 Å². The Morgan fingerprint density at radius 1 is 1.37 bits per heavy atom. The predicted octanol–water partition coefficient (Wildman–Crippen LogP) is 2.87. The highest BCUT2D eigenvalue weighted by Crippen LogP contribution is 2.40. The van der Waals surface area contributed by atoms with E-state index in [-0.39, 0.29) is 16.7 Å². The number of ether oxygens (including phenoxy) is 1. The van der Waals surface area contributed by atoms with Crippen LogP contribution in [0.1, 0.15) is 43.2 Å². The van der Waals surface area contributed by atoms with Gasteiger partial charge in [0.25, 0.3) is 0 Å². The molecule has 2 N–H and O–H groups in total. The summed E-state index contributed by atoms with van der Waals surface area (Å²) in [7, 11) is 1.37. The molecule has 0 atom stereocenters. The van der Waals surface area contributed by atoms with Gasteiger partial charge in [-0.3, -0.25) is 0 Å². The van der Waals surface area contributed by atoms with E-state index < -0.39 is 5.82 Å². The van der Waals surface area contributed by atoms with Crippen molar-refractivity contribution in [1.82, 2.24) is 0 Å². The van der Waals surface area contributed by atoms with Crippen molar-refractivity contribution in [3.8, 4) is 11.8 Å². The molecule has 1 aromatic rings. The van der Waals surface area contributed by atoms with E-state index in [4.69, 9.17) is 15.7 Å². The third-order valence-corrected chi connectivity index (χ3v) is 4.18. The molecule has 19 heavy (non-hydrogen) atoms. The maximum absolute atomic E-state index is 14.0. The highest BCUT2D eigenvalue weighted by atomic mass is 19.1. The molecule has 3 nitrogen and oxygen atoms in total.